The average molecular weight is 502 g/mol. The van der Waals surface area contributed by atoms with E-state index >= 15 is 4.39 Å². The van der Waals surface area contributed by atoms with E-state index in [1.807, 2.05) is 37.4 Å². The molecule has 0 bridgehead atoms. The number of benzene rings is 1. The van der Waals surface area contributed by atoms with E-state index in [4.69, 9.17) is 9.72 Å². The van der Waals surface area contributed by atoms with Gasteiger partial charge in [-0.2, -0.15) is 0 Å². The van der Waals surface area contributed by atoms with Crippen molar-refractivity contribution in [1.29, 1.82) is 0 Å². The number of hydrogen-bond donors (Lipinski definition) is 1. The quantitative estimate of drug-likeness (QED) is 0.343. The van der Waals surface area contributed by atoms with Crippen molar-refractivity contribution in [2.45, 2.75) is 33.1 Å². The summed E-state index contributed by atoms with van der Waals surface area (Å²) in [6.45, 7) is 9.20. The number of fused-ring (bicyclic) bond motifs is 1. The lowest BCUT2D eigenvalue weighted by Crippen LogP contribution is -2.36. The van der Waals surface area contributed by atoms with E-state index < -0.39 is 11.6 Å². The van der Waals surface area contributed by atoms with Crippen molar-refractivity contribution in [3.8, 4) is 11.4 Å². The van der Waals surface area contributed by atoms with E-state index in [0.717, 1.165) is 48.2 Å². The number of hydrogen-bond acceptors (Lipinski definition) is 6. The van der Waals surface area contributed by atoms with Crippen LogP contribution in [0.25, 0.3) is 22.3 Å². The zero-order valence-corrected chi connectivity index (χ0v) is 21.2. The van der Waals surface area contributed by atoms with E-state index in [0.29, 0.717) is 36.2 Å². The number of halogens is 2. The minimum atomic E-state index is -0.668. The van der Waals surface area contributed by atoms with Crippen LogP contribution in [0.4, 0.5) is 26.0 Å². The molecule has 1 aliphatic carbocycles. The third-order valence-corrected chi connectivity index (χ3v) is 7.56. The Kier molecular flexibility index (Phi) is 5.79. The fourth-order valence-electron chi connectivity index (χ4n) is 5.25. The molecule has 0 amide bonds. The number of pyridine rings is 3. The fraction of sp³-hybridized carbons (Fsp3) is 0.345. The van der Waals surface area contributed by atoms with Crippen LogP contribution in [0.1, 0.15) is 37.3 Å². The summed E-state index contributed by atoms with van der Waals surface area (Å²) in [5.41, 5.74) is 4.89. The molecular formula is C29H29F2N5O. The van der Waals surface area contributed by atoms with Crippen LogP contribution in [0.2, 0.25) is 0 Å². The monoisotopic (exact) mass is 501 g/mol. The number of nitrogens with one attached hydrogen (secondary N) is 1. The maximum Gasteiger partial charge on any atom is 0.137 e. The second-order valence-electron chi connectivity index (χ2n) is 10.6. The van der Waals surface area contributed by atoms with Crippen molar-refractivity contribution in [1.82, 2.24) is 15.0 Å². The van der Waals surface area contributed by atoms with Crippen LogP contribution in [-0.4, -0.2) is 41.3 Å². The molecule has 37 heavy (non-hydrogen) atoms. The van der Waals surface area contributed by atoms with Gasteiger partial charge in [-0.25, -0.2) is 18.7 Å². The molecule has 1 N–H and O–H groups in total. The molecule has 2 fully saturated rings. The number of aromatic nitrogens is 3. The Bertz CT molecular complexity index is 1490. The second kappa shape index (κ2) is 9.03. The molecule has 0 spiro atoms. The first kappa shape index (κ1) is 23.7. The van der Waals surface area contributed by atoms with Gasteiger partial charge in [0, 0.05) is 54.9 Å². The normalized spacial score (nSPS) is 18.7. The summed E-state index contributed by atoms with van der Waals surface area (Å²) >= 11 is 0. The highest BCUT2D eigenvalue weighted by atomic mass is 19.1. The molecule has 1 aromatic carbocycles. The van der Waals surface area contributed by atoms with Crippen molar-refractivity contribution in [3.05, 3.63) is 71.6 Å². The van der Waals surface area contributed by atoms with Gasteiger partial charge in [-0.3, -0.25) is 4.98 Å². The Morgan fingerprint density at radius 3 is 2.57 bits per heavy atom. The molecule has 6 nitrogen and oxygen atoms in total. The maximum absolute atomic E-state index is 15.3. The van der Waals surface area contributed by atoms with Crippen LogP contribution in [0.15, 0.2) is 48.8 Å². The maximum atomic E-state index is 15.3. The topological polar surface area (TPSA) is 63.2 Å². The Morgan fingerprint density at radius 1 is 1.08 bits per heavy atom. The van der Waals surface area contributed by atoms with Crippen molar-refractivity contribution in [2.24, 2.45) is 5.41 Å². The molecule has 2 aliphatic rings. The number of anilines is 3. The van der Waals surface area contributed by atoms with Crippen molar-refractivity contribution < 1.29 is 13.5 Å². The van der Waals surface area contributed by atoms with Gasteiger partial charge in [0.25, 0.3) is 0 Å². The summed E-state index contributed by atoms with van der Waals surface area (Å²) in [6.07, 6.45) is 4.68. The molecule has 0 radical (unpaired) electrons. The van der Waals surface area contributed by atoms with Gasteiger partial charge in [-0.15, -0.1) is 0 Å². The van der Waals surface area contributed by atoms with Gasteiger partial charge in [0.05, 0.1) is 41.2 Å². The molecule has 1 saturated carbocycles. The van der Waals surface area contributed by atoms with E-state index in [1.54, 1.807) is 6.20 Å². The summed E-state index contributed by atoms with van der Waals surface area (Å²) in [7, 11) is 0. The van der Waals surface area contributed by atoms with Gasteiger partial charge in [0.1, 0.15) is 17.5 Å². The SMILES string of the molecule is Cc1c(-c2ccccn2)nc2cc(F)cc(F)c2c1Nc1cc(N2CCOCC2)ncc1C1CC1(C)C. The number of nitrogens with zero attached hydrogens (tertiary/aromatic N) is 4. The highest BCUT2D eigenvalue weighted by Gasteiger charge is 2.47. The predicted octanol–water partition coefficient (Wildman–Crippen LogP) is 6.37. The van der Waals surface area contributed by atoms with Crippen LogP contribution < -0.4 is 10.2 Å². The molecule has 4 heterocycles. The van der Waals surface area contributed by atoms with Gasteiger partial charge in [0.2, 0.25) is 0 Å². The summed E-state index contributed by atoms with van der Waals surface area (Å²) < 4.78 is 35.1. The van der Waals surface area contributed by atoms with Gasteiger partial charge in [-0.05, 0) is 42.4 Å². The highest BCUT2D eigenvalue weighted by Crippen LogP contribution is 2.60. The predicted molar refractivity (Wildman–Crippen MR) is 141 cm³/mol. The number of morpholine rings is 1. The lowest BCUT2D eigenvalue weighted by molar-refractivity contribution is 0.122. The summed E-state index contributed by atoms with van der Waals surface area (Å²) in [5.74, 6) is -0.137. The molecule has 1 saturated heterocycles. The highest BCUT2D eigenvalue weighted by molar-refractivity contribution is 5.98. The minimum absolute atomic E-state index is 0.168. The molecule has 6 rings (SSSR count). The molecule has 8 heteroatoms. The van der Waals surface area contributed by atoms with E-state index in [1.165, 1.54) is 6.07 Å². The lowest BCUT2D eigenvalue weighted by atomic mass is 10.0. The van der Waals surface area contributed by atoms with Crippen molar-refractivity contribution in [2.75, 3.05) is 36.5 Å². The Balaban J connectivity index is 1.53. The third kappa shape index (κ3) is 4.39. The Labute approximate surface area is 214 Å². The number of ether oxygens (including phenoxy) is 1. The lowest BCUT2D eigenvalue weighted by Gasteiger charge is -2.29. The Morgan fingerprint density at radius 2 is 1.86 bits per heavy atom. The molecule has 3 aromatic heterocycles. The molecule has 1 atom stereocenters. The van der Waals surface area contributed by atoms with Crippen LogP contribution >= 0.6 is 0 Å². The van der Waals surface area contributed by atoms with Crippen molar-refractivity contribution in [3.63, 3.8) is 0 Å². The Hall–Kier alpha value is -3.65. The smallest absolute Gasteiger partial charge is 0.137 e. The minimum Gasteiger partial charge on any atom is -0.378 e. The van der Waals surface area contributed by atoms with E-state index in [-0.39, 0.29) is 16.3 Å². The van der Waals surface area contributed by atoms with Crippen LogP contribution in [0.5, 0.6) is 0 Å². The molecule has 1 aliphatic heterocycles. The largest absolute Gasteiger partial charge is 0.378 e. The first-order chi connectivity index (χ1) is 17.8. The second-order valence-corrected chi connectivity index (χ2v) is 10.6. The standard InChI is InChI=1S/C29H29F2N5O/c1-17-27(22-6-4-5-7-32-22)35-24-13-18(30)12-21(31)26(24)28(17)34-23-14-25(36-8-10-37-11-9-36)33-16-19(23)20-15-29(20,2)3/h4-7,12-14,16,20H,8-11,15H2,1-3H3,(H,33,34,35). The van der Waals surface area contributed by atoms with Crippen LogP contribution in [0.3, 0.4) is 0 Å². The molecular weight excluding hydrogens is 472 g/mol. The van der Waals surface area contributed by atoms with E-state index in [9.17, 15) is 4.39 Å². The van der Waals surface area contributed by atoms with Crippen LogP contribution in [0, 0.1) is 24.0 Å². The van der Waals surface area contributed by atoms with Gasteiger partial charge in [0.15, 0.2) is 0 Å². The van der Waals surface area contributed by atoms with Crippen LogP contribution in [-0.2, 0) is 4.74 Å². The zero-order valence-electron chi connectivity index (χ0n) is 21.2. The first-order valence-corrected chi connectivity index (χ1v) is 12.6. The fourth-order valence-corrected chi connectivity index (χ4v) is 5.25. The summed E-state index contributed by atoms with van der Waals surface area (Å²) in [5, 5.41) is 3.82. The molecule has 4 aromatic rings. The van der Waals surface area contributed by atoms with Crippen molar-refractivity contribution >= 4 is 28.1 Å². The number of rotatable bonds is 5. The van der Waals surface area contributed by atoms with E-state index in [2.05, 4.69) is 34.0 Å². The molecule has 190 valence electrons. The average Bonchev–Trinajstić information content (AvgIpc) is 3.53. The van der Waals surface area contributed by atoms with Gasteiger partial charge in [-0.1, -0.05) is 19.9 Å². The van der Waals surface area contributed by atoms with Gasteiger partial charge >= 0.3 is 0 Å². The van der Waals surface area contributed by atoms with Gasteiger partial charge < -0.3 is 15.0 Å². The molecule has 1 unspecified atom stereocenters. The third-order valence-electron chi connectivity index (χ3n) is 7.56. The zero-order chi connectivity index (χ0) is 25.7. The summed E-state index contributed by atoms with van der Waals surface area (Å²) in [6, 6.07) is 9.77. The summed E-state index contributed by atoms with van der Waals surface area (Å²) in [4.78, 5) is 16.1. The first-order valence-electron chi connectivity index (χ1n) is 12.6.